The van der Waals surface area contributed by atoms with Crippen molar-refractivity contribution in [3.63, 3.8) is 0 Å². The SMILES string of the molecule is COc1ccc2c(O)nccc2c1SC. The molecule has 0 unspecified atom stereocenters. The Hall–Kier alpha value is -1.42. The number of hydrogen-bond donors (Lipinski definition) is 1. The zero-order chi connectivity index (χ0) is 10.8. The highest BCUT2D eigenvalue weighted by molar-refractivity contribution is 7.99. The number of thioether (sulfide) groups is 1. The van der Waals surface area contributed by atoms with E-state index in [1.165, 1.54) is 0 Å². The van der Waals surface area contributed by atoms with Crippen LogP contribution in [0, 0.1) is 0 Å². The van der Waals surface area contributed by atoms with E-state index in [-0.39, 0.29) is 5.88 Å². The second-order valence-corrected chi connectivity index (χ2v) is 3.85. The molecule has 1 heterocycles. The van der Waals surface area contributed by atoms with E-state index in [1.807, 2.05) is 24.5 Å². The normalized spacial score (nSPS) is 10.5. The summed E-state index contributed by atoms with van der Waals surface area (Å²) in [6, 6.07) is 5.54. The smallest absolute Gasteiger partial charge is 0.218 e. The Balaban J connectivity index is 2.82. The van der Waals surface area contributed by atoms with Crippen LogP contribution in [0.1, 0.15) is 0 Å². The summed E-state index contributed by atoms with van der Waals surface area (Å²) < 4.78 is 5.26. The Morgan fingerprint density at radius 3 is 2.73 bits per heavy atom. The van der Waals surface area contributed by atoms with Crippen molar-refractivity contribution >= 4 is 22.5 Å². The van der Waals surface area contributed by atoms with Crippen LogP contribution < -0.4 is 4.74 Å². The van der Waals surface area contributed by atoms with E-state index in [2.05, 4.69) is 4.98 Å². The molecule has 2 aromatic rings. The summed E-state index contributed by atoms with van der Waals surface area (Å²) in [5, 5.41) is 11.3. The van der Waals surface area contributed by atoms with Crippen molar-refractivity contribution < 1.29 is 9.84 Å². The van der Waals surface area contributed by atoms with E-state index in [4.69, 9.17) is 4.74 Å². The van der Waals surface area contributed by atoms with Gasteiger partial charge < -0.3 is 9.84 Å². The van der Waals surface area contributed by atoms with Gasteiger partial charge in [-0.05, 0) is 24.5 Å². The second kappa shape index (κ2) is 3.98. The molecule has 1 N–H and O–H groups in total. The summed E-state index contributed by atoms with van der Waals surface area (Å²) in [6.45, 7) is 0. The van der Waals surface area contributed by atoms with E-state index in [0.29, 0.717) is 0 Å². The summed E-state index contributed by atoms with van der Waals surface area (Å²) in [5.74, 6) is 0.881. The van der Waals surface area contributed by atoms with Gasteiger partial charge in [0.2, 0.25) is 5.88 Å². The van der Waals surface area contributed by atoms with Crippen LogP contribution >= 0.6 is 11.8 Å². The molecule has 0 aliphatic carbocycles. The summed E-state index contributed by atoms with van der Waals surface area (Å²) in [4.78, 5) is 4.86. The molecule has 0 saturated heterocycles. The van der Waals surface area contributed by atoms with Gasteiger partial charge in [-0.1, -0.05) is 0 Å². The van der Waals surface area contributed by atoms with Gasteiger partial charge in [0.1, 0.15) is 5.75 Å². The van der Waals surface area contributed by atoms with Gasteiger partial charge in [0, 0.05) is 17.0 Å². The molecule has 2 rings (SSSR count). The van der Waals surface area contributed by atoms with E-state index in [0.717, 1.165) is 21.4 Å². The largest absolute Gasteiger partial charge is 0.496 e. The van der Waals surface area contributed by atoms with Gasteiger partial charge in [0.15, 0.2) is 0 Å². The van der Waals surface area contributed by atoms with Crippen LogP contribution in [0.15, 0.2) is 29.3 Å². The van der Waals surface area contributed by atoms with E-state index in [1.54, 1.807) is 25.1 Å². The Labute approximate surface area is 92.1 Å². The number of aromatic nitrogens is 1. The lowest BCUT2D eigenvalue weighted by molar-refractivity contribution is 0.406. The molecule has 1 aromatic carbocycles. The molecule has 0 amide bonds. The number of fused-ring (bicyclic) bond motifs is 1. The van der Waals surface area contributed by atoms with E-state index >= 15 is 0 Å². The average Bonchev–Trinajstić information content (AvgIpc) is 2.28. The average molecular weight is 221 g/mol. The van der Waals surface area contributed by atoms with Gasteiger partial charge in [-0.2, -0.15) is 0 Å². The first-order valence-electron chi connectivity index (χ1n) is 4.46. The first kappa shape index (κ1) is 10.1. The zero-order valence-electron chi connectivity index (χ0n) is 8.52. The highest BCUT2D eigenvalue weighted by atomic mass is 32.2. The summed E-state index contributed by atoms with van der Waals surface area (Å²) in [5.41, 5.74) is 0. The molecule has 0 radical (unpaired) electrons. The molecule has 0 aliphatic rings. The molecule has 0 atom stereocenters. The maximum absolute atomic E-state index is 9.59. The zero-order valence-corrected chi connectivity index (χ0v) is 9.34. The van der Waals surface area contributed by atoms with E-state index in [9.17, 15) is 5.11 Å². The molecule has 0 fully saturated rings. The minimum absolute atomic E-state index is 0.0606. The third kappa shape index (κ3) is 1.61. The number of aromatic hydroxyl groups is 1. The number of hydrogen-bond acceptors (Lipinski definition) is 4. The van der Waals surface area contributed by atoms with E-state index < -0.39 is 0 Å². The highest BCUT2D eigenvalue weighted by Crippen LogP contribution is 2.37. The Bertz CT molecular complexity index is 499. The number of rotatable bonds is 2. The van der Waals surface area contributed by atoms with Crippen LogP contribution in [0.2, 0.25) is 0 Å². The molecular formula is C11H11NO2S. The number of pyridine rings is 1. The van der Waals surface area contributed by atoms with Crippen molar-refractivity contribution in [3.8, 4) is 11.6 Å². The Morgan fingerprint density at radius 2 is 2.07 bits per heavy atom. The topological polar surface area (TPSA) is 42.4 Å². The van der Waals surface area contributed by atoms with Crippen molar-refractivity contribution in [3.05, 3.63) is 24.4 Å². The second-order valence-electron chi connectivity index (χ2n) is 3.03. The molecule has 4 heteroatoms. The maximum atomic E-state index is 9.59. The molecule has 15 heavy (non-hydrogen) atoms. The first-order valence-corrected chi connectivity index (χ1v) is 5.69. The van der Waals surface area contributed by atoms with Crippen molar-refractivity contribution in [2.75, 3.05) is 13.4 Å². The van der Waals surface area contributed by atoms with Gasteiger partial charge in [-0.15, -0.1) is 11.8 Å². The number of ether oxygens (including phenoxy) is 1. The third-order valence-electron chi connectivity index (χ3n) is 2.26. The number of methoxy groups -OCH3 is 1. The number of benzene rings is 1. The lowest BCUT2D eigenvalue weighted by Crippen LogP contribution is -1.88. The van der Waals surface area contributed by atoms with Crippen LogP contribution in [0.5, 0.6) is 11.6 Å². The predicted molar refractivity (Wildman–Crippen MR) is 61.7 cm³/mol. The van der Waals surface area contributed by atoms with Crippen LogP contribution in [0.3, 0.4) is 0 Å². The van der Waals surface area contributed by atoms with Crippen molar-refractivity contribution in [2.45, 2.75) is 4.90 Å². The minimum atomic E-state index is 0.0606. The van der Waals surface area contributed by atoms with Crippen LogP contribution in [-0.2, 0) is 0 Å². The molecule has 0 aliphatic heterocycles. The molecule has 1 aromatic heterocycles. The lowest BCUT2D eigenvalue weighted by atomic mass is 10.1. The molecule has 0 spiro atoms. The van der Waals surface area contributed by atoms with Crippen LogP contribution in [-0.4, -0.2) is 23.5 Å². The van der Waals surface area contributed by atoms with Crippen molar-refractivity contribution in [1.82, 2.24) is 4.98 Å². The minimum Gasteiger partial charge on any atom is -0.496 e. The summed E-state index contributed by atoms with van der Waals surface area (Å²) in [7, 11) is 1.64. The molecule has 0 saturated carbocycles. The fraction of sp³-hybridized carbons (Fsp3) is 0.182. The molecule has 3 nitrogen and oxygen atoms in total. The Kier molecular flexibility index (Phi) is 2.68. The van der Waals surface area contributed by atoms with Crippen molar-refractivity contribution in [2.24, 2.45) is 0 Å². The van der Waals surface area contributed by atoms with Crippen molar-refractivity contribution in [1.29, 1.82) is 0 Å². The first-order chi connectivity index (χ1) is 7.27. The highest BCUT2D eigenvalue weighted by Gasteiger charge is 2.09. The van der Waals surface area contributed by atoms with Crippen LogP contribution in [0.25, 0.3) is 10.8 Å². The van der Waals surface area contributed by atoms with Gasteiger partial charge >= 0.3 is 0 Å². The summed E-state index contributed by atoms with van der Waals surface area (Å²) in [6.07, 6.45) is 3.57. The molecular weight excluding hydrogens is 210 g/mol. The van der Waals surface area contributed by atoms with Gasteiger partial charge in [-0.25, -0.2) is 4.98 Å². The Morgan fingerprint density at radius 1 is 1.27 bits per heavy atom. The maximum Gasteiger partial charge on any atom is 0.218 e. The lowest BCUT2D eigenvalue weighted by Gasteiger charge is -2.09. The fourth-order valence-electron chi connectivity index (χ4n) is 1.56. The van der Waals surface area contributed by atoms with Crippen LogP contribution in [0.4, 0.5) is 0 Å². The molecule has 0 bridgehead atoms. The van der Waals surface area contributed by atoms with Gasteiger partial charge in [0.05, 0.1) is 12.0 Å². The van der Waals surface area contributed by atoms with Gasteiger partial charge in [-0.3, -0.25) is 0 Å². The summed E-state index contributed by atoms with van der Waals surface area (Å²) >= 11 is 1.59. The van der Waals surface area contributed by atoms with Gasteiger partial charge in [0.25, 0.3) is 0 Å². The standard InChI is InChI=1S/C11H11NO2S/c1-14-9-4-3-8-7(10(9)15-2)5-6-12-11(8)13/h3-6H,1-2H3,(H,12,13). The third-order valence-corrected chi connectivity index (χ3v) is 3.09. The monoisotopic (exact) mass is 221 g/mol. The quantitative estimate of drug-likeness (QED) is 0.792. The predicted octanol–water partition coefficient (Wildman–Crippen LogP) is 2.67. The molecule has 78 valence electrons. The fourth-order valence-corrected chi connectivity index (χ4v) is 2.31. The number of nitrogens with zero attached hydrogens (tertiary/aromatic N) is 1.